The molecule has 1 aromatic heterocycles. The molecule has 20 heavy (non-hydrogen) atoms. The number of hydrogen-bond acceptors (Lipinski definition) is 4. The molecule has 2 rings (SSSR count). The summed E-state index contributed by atoms with van der Waals surface area (Å²) in [5.41, 5.74) is 5.40. The second-order valence-corrected chi connectivity index (χ2v) is 4.43. The first-order valence-corrected chi connectivity index (χ1v) is 5.98. The van der Waals surface area contributed by atoms with Gasteiger partial charge >= 0.3 is 0 Å². The Morgan fingerprint density at radius 3 is 2.80 bits per heavy atom. The minimum absolute atomic E-state index is 0.321. The van der Waals surface area contributed by atoms with Gasteiger partial charge in [0.05, 0.1) is 10.7 Å². The summed E-state index contributed by atoms with van der Waals surface area (Å²) in [4.78, 5) is 34.4. The summed E-state index contributed by atoms with van der Waals surface area (Å²) in [5.74, 6) is -0.513. The maximum atomic E-state index is 11.8. The maximum Gasteiger partial charge on any atom is 0.265 e. The molecular weight excluding hydrogens is 284 g/mol. The third-order valence-electron chi connectivity index (χ3n) is 2.45. The van der Waals surface area contributed by atoms with Gasteiger partial charge in [-0.2, -0.15) is 0 Å². The van der Waals surface area contributed by atoms with Crippen LogP contribution in [0.1, 0.15) is 0 Å². The number of H-pyrrole nitrogens is 1. The average Bonchev–Trinajstić information content (AvgIpc) is 2.38. The van der Waals surface area contributed by atoms with E-state index in [1.807, 2.05) is 0 Å². The first-order valence-electron chi connectivity index (χ1n) is 5.61. The molecule has 0 saturated carbocycles. The molecule has 2 aromatic rings. The van der Waals surface area contributed by atoms with E-state index in [9.17, 15) is 14.4 Å². The summed E-state index contributed by atoms with van der Waals surface area (Å²) in [5, 5.41) is 5.08. The molecule has 0 spiro atoms. The first-order chi connectivity index (χ1) is 9.45. The molecule has 1 heterocycles. The fraction of sp³-hybridized carbons (Fsp3) is 0.0833. The molecule has 0 aliphatic heterocycles. The van der Waals surface area contributed by atoms with Gasteiger partial charge in [0.15, 0.2) is 0 Å². The summed E-state index contributed by atoms with van der Waals surface area (Å²) in [6.45, 7) is -0.333. The zero-order valence-corrected chi connectivity index (χ0v) is 11.0. The second-order valence-electron chi connectivity index (χ2n) is 4.02. The van der Waals surface area contributed by atoms with E-state index in [1.54, 1.807) is 12.1 Å². The van der Waals surface area contributed by atoms with Gasteiger partial charge in [0.1, 0.15) is 6.54 Å². The molecule has 104 valence electrons. The van der Waals surface area contributed by atoms with Crippen LogP contribution in [0, 0.1) is 0 Å². The van der Waals surface area contributed by atoms with Gasteiger partial charge in [-0.1, -0.05) is 11.6 Å². The van der Waals surface area contributed by atoms with Crippen LogP contribution >= 0.6 is 11.6 Å². The predicted molar refractivity (Wildman–Crippen MR) is 75.8 cm³/mol. The van der Waals surface area contributed by atoms with Crippen LogP contribution in [0.4, 0.5) is 11.4 Å². The van der Waals surface area contributed by atoms with Crippen LogP contribution in [0.3, 0.4) is 0 Å². The Balaban J connectivity index is 2.17. The van der Waals surface area contributed by atoms with Crippen molar-refractivity contribution in [2.75, 3.05) is 11.1 Å². The van der Waals surface area contributed by atoms with E-state index in [0.717, 1.165) is 16.8 Å². The number of benzene rings is 1. The standard InChI is InChI=1S/C12H11ClN4O3/c13-8-2-1-7(14)5-9(8)15-11(19)6-17-12(20)4-3-10(18)16-17/h1-5H,6,14H2,(H,15,19)(H,16,18). The molecule has 0 aliphatic rings. The zero-order chi connectivity index (χ0) is 14.7. The molecule has 0 radical (unpaired) electrons. The van der Waals surface area contributed by atoms with Gasteiger partial charge in [0.2, 0.25) is 5.91 Å². The van der Waals surface area contributed by atoms with Gasteiger partial charge in [-0.25, -0.2) is 4.68 Å². The van der Waals surface area contributed by atoms with Crippen LogP contribution in [0.15, 0.2) is 39.9 Å². The molecular formula is C12H11ClN4O3. The van der Waals surface area contributed by atoms with Gasteiger partial charge in [-0.15, -0.1) is 0 Å². The number of nitrogen functional groups attached to an aromatic ring is 1. The molecule has 0 saturated heterocycles. The number of aromatic nitrogens is 2. The Labute approximate surface area is 118 Å². The number of nitrogens with two attached hydrogens (primary N) is 1. The van der Waals surface area contributed by atoms with Crippen molar-refractivity contribution in [1.29, 1.82) is 0 Å². The zero-order valence-electron chi connectivity index (χ0n) is 10.2. The Kier molecular flexibility index (Phi) is 3.90. The van der Waals surface area contributed by atoms with Gasteiger partial charge in [-0.05, 0) is 18.2 Å². The molecule has 0 fully saturated rings. The lowest BCUT2D eigenvalue weighted by Gasteiger charge is -2.09. The second kappa shape index (κ2) is 5.62. The van der Waals surface area contributed by atoms with E-state index < -0.39 is 17.0 Å². The summed E-state index contributed by atoms with van der Waals surface area (Å²) >= 11 is 5.90. The number of anilines is 2. The summed E-state index contributed by atoms with van der Waals surface area (Å²) in [6, 6.07) is 6.81. The summed E-state index contributed by atoms with van der Waals surface area (Å²) < 4.78 is 0.901. The highest BCUT2D eigenvalue weighted by Crippen LogP contribution is 2.23. The topological polar surface area (TPSA) is 110 Å². The van der Waals surface area contributed by atoms with Crippen molar-refractivity contribution in [2.24, 2.45) is 0 Å². The fourth-order valence-corrected chi connectivity index (χ4v) is 1.72. The van der Waals surface area contributed by atoms with Crippen molar-refractivity contribution in [3.63, 3.8) is 0 Å². The third kappa shape index (κ3) is 3.27. The SMILES string of the molecule is Nc1ccc(Cl)c(NC(=O)Cn2[nH]c(=O)ccc2=O)c1. The quantitative estimate of drug-likeness (QED) is 0.712. The van der Waals surface area contributed by atoms with Crippen LogP contribution < -0.4 is 22.2 Å². The number of hydrogen-bond donors (Lipinski definition) is 3. The molecule has 4 N–H and O–H groups in total. The van der Waals surface area contributed by atoms with Crippen molar-refractivity contribution in [2.45, 2.75) is 6.54 Å². The Bertz CT molecular complexity index is 766. The minimum Gasteiger partial charge on any atom is -0.399 e. The highest BCUT2D eigenvalue weighted by molar-refractivity contribution is 6.33. The lowest BCUT2D eigenvalue weighted by Crippen LogP contribution is -2.32. The number of amides is 1. The van der Waals surface area contributed by atoms with Crippen LogP contribution in [0.5, 0.6) is 0 Å². The normalized spacial score (nSPS) is 10.2. The third-order valence-corrected chi connectivity index (χ3v) is 2.78. The molecule has 8 heteroatoms. The monoisotopic (exact) mass is 294 g/mol. The minimum atomic E-state index is -0.513. The molecule has 1 amide bonds. The van der Waals surface area contributed by atoms with Crippen molar-refractivity contribution < 1.29 is 4.79 Å². The van der Waals surface area contributed by atoms with Crippen LogP contribution in [0.25, 0.3) is 0 Å². The van der Waals surface area contributed by atoms with E-state index in [0.29, 0.717) is 16.4 Å². The van der Waals surface area contributed by atoms with Gasteiger partial charge in [-0.3, -0.25) is 19.5 Å². The number of nitrogens with zero attached hydrogens (tertiary/aromatic N) is 1. The van der Waals surface area contributed by atoms with Crippen molar-refractivity contribution in [3.05, 3.63) is 56.1 Å². The van der Waals surface area contributed by atoms with E-state index in [-0.39, 0.29) is 6.54 Å². The predicted octanol–water partition coefficient (Wildman–Crippen LogP) is 0.411. The number of carbonyl (C=O) groups excluding carboxylic acids is 1. The smallest absolute Gasteiger partial charge is 0.265 e. The highest BCUT2D eigenvalue weighted by Gasteiger charge is 2.08. The number of nitrogens with one attached hydrogen (secondary N) is 2. The molecule has 0 unspecified atom stereocenters. The number of halogens is 1. The number of aromatic amines is 1. The van der Waals surface area contributed by atoms with Crippen LogP contribution in [0.2, 0.25) is 5.02 Å². The lowest BCUT2D eigenvalue weighted by molar-refractivity contribution is -0.117. The van der Waals surface area contributed by atoms with E-state index >= 15 is 0 Å². The van der Waals surface area contributed by atoms with Gasteiger partial charge in [0.25, 0.3) is 11.1 Å². The number of rotatable bonds is 3. The van der Waals surface area contributed by atoms with Crippen molar-refractivity contribution in [1.82, 2.24) is 9.78 Å². The highest BCUT2D eigenvalue weighted by atomic mass is 35.5. The average molecular weight is 295 g/mol. The molecule has 0 atom stereocenters. The Hall–Kier alpha value is -2.54. The molecule has 1 aromatic carbocycles. The van der Waals surface area contributed by atoms with Crippen LogP contribution in [-0.2, 0) is 11.3 Å². The van der Waals surface area contributed by atoms with Crippen LogP contribution in [-0.4, -0.2) is 15.7 Å². The van der Waals surface area contributed by atoms with Gasteiger partial charge < -0.3 is 11.1 Å². The maximum absolute atomic E-state index is 11.8. The van der Waals surface area contributed by atoms with Crippen molar-refractivity contribution in [3.8, 4) is 0 Å². The summed E-state index contributed by atoms with van der Waals surface area (Å²) in [7, 11) is 0. The van der Waals surface area contributed by atoms with E-state index in [2.05, 4.69) is 10.4 Å². The summed E-state index contributed by atoms with van der Waals surface area (Å²) in [6.07, 6.45) is 0. The van der Waals surface area contributed by atoms with E-state index in [1.165, 1.54) is 6.07 Å². The first kappa shape index (κ1) is 13.9. The van der Waals surface area contributed by atoms with Gasteiger partial charge in [0, 0.05) is 17.8 Å². The molecule has 0 aliphatic carbocycles. The van der Waals surface area contributed by atoms with E-state index in [4.69, 9.17) is 17.3 Å². The molecule has 7 nitrogen and oxygen atoms in total. The Morgan fingerprint density at radius 2 is 2.05 bits per heavy atom. The Morgan fingerprint density at radius 1 is 1.30 bits per heavy atom. The number of carbonyl (C=O) groups is 1. The lowest BCUT2D eigenvalue weighted by atomic mass is 10.3. The molecule has 0 bridgehead atoms. The fourth-order valence-electron chi connectivity index (χ4n) is 1.55. The largest absolute Gasteiger partial charge is 0.399 e. The van der Waals surface area contributed by atoms with Crippen molar-refractivity contribution >= 4 is 28.9 Å².